The fourth-order valence-corrected chi connectivity index (χ4v) is 2.64. The zero-order valence-electron chi connectivity index (χ0n) is 11.0. The van der Waals surface area contributed by atoms with Crippen molar-refractivity contribution < 1.29 is 8.42 Å². The molecule has 0 aliphatic rings. The normalized spacial score (nSPS) is 11.4. The summed E-state index contributed by atoms with van der Waals surface area (Å²) in [5, 5.41) is 9.34. The summed E-state index contributed by atoms with van der Waals surface area (Å²) in [7, 11) is -3.55. The molecule has 0 aromatic carbocycles. The Bertz CT molecular complexity index is 641. The smallest absolute Gasteiger partial charge is 0.240 e. The van der Waals surface area contributed by atoms with E-state index < -0.39 is 10.0 Å². The van der Waals surface area contributed by atoms with Gasteiger partial charge in [0, 0.05) is 31.8 Å². The molecular formula is C11H16N6O2S. The van der Waals surface area contributed by atoms with Gasteiger partial charge in [0.2, 0.25) is 10.0 Å². The van der Waals surface area contributed by atoms with E-state index in [1.165, 1.54) is 24.7 Å². The standard InChI is InChI=1S/C11H16N6O2S/c1-2-12-11-7-9(3-5-13-11)20(18,19)16-6-4-10-14-8-15-17-10/h3,5,7-8,16H,2,4,6H2,1H3,(H,12,13)(H,14,15,17). The molecule has 0 aliphatic heterocycles. The minimum absolute atomic E-state index is 0.181. The van der Waals surface area contributed by atoms with Crippen molar-refractivity contribution in [2.75, 3.05) is 18.4 Å². The number of hydrogen-bond donors (Lipinski definition) is 3. The van der Waals surface area contributed by atoms with Crippen LogP contribution in [0.5, 0.6) is 0 Å². The Morgan fingerprint density at radius 2 is 2.20 bits per heavy atom. The van der Waals surface area contributed by atoms with Crippen LogP contribution in [-0.4, -0.2) is 41.7 Å². The molecule has 108 valence electrons. The van der Waals surface area contributed by atoms with Crippen molar-refractivity contribution in [1.82, 2.24) is 24.9 Å². The Morgan fingerprint density at radius 3 is 2.90 bits per heavy atom. The Kier molecular flexibility index (Phi) is 4.64. The molecule has 0 bridgehead atoms. The lowest BCUT2D eigenvalue weighted by Crippen LogP contribution is -2.26. The predicted molar refractivity (Wildman–Crippen MR) is 73.7 cm³/mol. The first-order chi connectivity index (χ1) is 9.62. The highest BCUT2D eigenvalue weighted by Gasteiger charge is 2.14. The number of rotatable bonds is 7. The molecule has 0 saturated carbocycles. The first-order valence-electron chi connectivity index (χ1n) is 6.15. The van der Waals surface area contributed by atoms with Crippen molar-refractivity contribution >= 4 is 15.8 Å². The van der Waals surface area contributed by atoms with Gasteiger partial charge in [0.15, 0.2) is 0 Å². The maximum atomic E-state index is 12.1. The Labute approximate surface area is 117 Å². The lowest BCUT2D eigenvalue weighted by atomic mass is 10.4. The van der Waals surface area contributed by atoms with Gasteiger partial charge in [0.1, 0.15) is 18.0 Å². The van der Waals surface area contributed by atoms with Crippen LogP contribution in [-0.2, 0) is 16.4 Å². The van der Waals surface area contributed by atoms with E-state index in [-0.39, 0.29) is 11.4 Å². The van der Waals surface area contributed by atoms with Gasteiger partial charge in [-0.1, -0.05) is 0 Å². The quantitative estimate of drug-likeness (QED) is 0.670. The van der Waals surface area contributed by atoms with Crippen molar-refractivity contribution in [3.8, 4) is 0 Å². The summed E-state index contributed by atoms with van der Waals surface area (Å²) < 4.78 is 26.7. The molecule has 0 unspecified atom stereocenters. The number of aromatic amines is 1. The van der Waals surface area contributed by atoms with Gasteiger partial charge >= 0.3 is 0 Å². The molecule has 2 heterocycles. The highest BCUT2D eigenvalue weighted by Crippen LogP contribution is 2.12. The van der Waals surface area contributed by atoms with Gasteiger partial charge in [-0.15, -0.1) is 0 Å². The zero-order chi connectivity index (χ0) is 14.4. The van der Waals surface area contributed by atoms with Crippen molar-refractivity contribution in [1.29, 1.82) is 0 Å². The molecule has 8 nitrogen and oxygen atoms in total. The monoisotopic (exact) mass is 296 g/mol. The van der Waals surface area contributed by atoms with E-state index in [0.29, 0.717) is 24.6 Å². The van der Waals surface area contributed by atoms with Gasteiger partial charge in [-0.25, -0.2) is 23.1 Å². The Morgan fingerprint density at radius 1 is 1.35 bits per heavy atom. The minimum Gasteiger partial charge on any atom is -0.370 e. The molecule has 0 atom stereocenters. The predicted octanol–water partition coefficient (Wildman–Crippen LogP) is 0.152. The first-order valence-corrected chi connectivity index (χ1v) is 7.64. The molecule has 0 spiro atoms. The SMILES string of the molecule is CCNc1cc(S(=O)(=O)NCCc2ncn[nH]2)ccn1. The lowest BCUT2D eigenvalue weighted by molar-refractivity contribution is 0.580. The van der Waals surface area contributed by atoms with E-state index >= 15 is 0 Å². The van der Waals surface area contributed by atoms with Gasteiger partial charge in [0.05, 0.1) is 4.90 Å². The fraction of sp³-hybridized carbons (Fsp3) is 0.364. The second-order valence-corrected chi connectivity index (χ2v) is 5.75. The summed E-state index contributed by atoms with van der Waals surface area (Å²) in [4.78, 5) is 8.14. The van der Waals surface area contributed by atoms with Crippen LogP contribution in [0.15, 0.2) is 29.6 Å². The summed E-state index contributed by atoms with van der Waals surface area (Å²) in [5.74, 6) is 1.17. The van der Waals surface area contributed by atoms with Crippen LogP contribution in [0.25, 0.3) is 0 Å². The molecule has 2 aromatic heterocycles. The summed E-state index contributed by atoms with van der Waals surface area (Å²) in [6, 6.07) is 2.96. The van der Waals surface area contributed by atoms with E-state index in [1.54, 1.807) is 0 Å². The molecule has 2 aromatic rings. The molecule has 9 heteroatoms. The average molecular weight is 296 g/mol. The third-order valence-corrected chi connectivity index (χ3v) is 3.98. The van der Waals surface area contributed by atoms with Crippen molar-refractivity contribution in [3.05, 3.63) is 30.5 Å². The molecule has 3 N–H and O–H groups in total. The molecule has 0 aliphatic carbocycles. The number of sulfonamides is 1. The molecule has 0 fully saturated rings. The highest BCUT2D eigenvalue weighted by atomic mass is 32.2. The summed E-state index contributed by atoms with van der Waals surface area (Å²) in [6.45, 7) is 2.84. The molecule has 20 heavy (non-hydrogen) atoms. The Balaban J connectivity index is 2.00. The molecular weight excluding hydrogens is 280 g/mol. The highest BCUT2D eigenvalue weighted by molar-refractivity contribution is 7.89. The molecule has 0 saturated heterocycles. The lowest BCUT2D eigenvalue weighted by Gasteiger charge is -2.07. The number of aromatic nitrogens is 4. The van der Waals surface area contributed by atoms with Gasteiger partial charge in [-0.2, -0.15) is 5.10 Å². The van der Waals surface area contributed by atoms with Crippen LogP contribution in [0.2, 0.25) is 0 Å². The molecule has 0 amide bonds. The van der Waals surface area contributed by atoms with E-state index in [4.69, 9.17) is 0 Å². The molecule has 0 radical (unpaired) electrons. The average Bonchev–Trinajstić information content (AvgIpc) is 2.92. The fourth-order valence-electron chi connectivity index (χ4n) is 1.59. The number of nitrogens with zero attached hydrogens (tertiary/aromatic N) is 3. The van der Waals surface area contributed by atoms with Gasteiger partial charge < -0.3 is 5.32 Å². The summed E-state index contributed by atoms with van der Waals surface area (Å²) in [5.41, 5.74) is 0. The van der Waals surface area contributed by atoms with E-state index in [2.05, 4.69) is 30.2 Å². The minimum atomic E-state index is -3.55. The van der Waals surface area contributed by atoms with Crippen LogP contribution in [0.3, 0.4) is 0 Å². The van der Waals surface area contributed by atoms with Crippen LogP contribution >= 0.6 is 0 Å². The number of pyridine rings is 1. The maximum Gasteiger partial charge on any atom is 0.240 e. The number of H-pyrrole nitrogens is 1. The summed E-state index contributed by atoms with van der Waals surface area (Å²) in [6.07, 6.45) is 3.29. The molecule has 2 rings (SSSR count). The van der Waals surface area contributed by atoms with Gasteiger partial charge in [-0.3, -0.25) is 5.10 Å². The number of anilines is 1. The second-order valence-electron chi connectivity index (χ2n) is 3.99. The topological polar surface area (TPSA) is 113 Å². The van der Waals surface area contributed by atoms with Crippen LogP contribution in [0.4, 0.5) is 5.82 Å². The van der Waals surface area contributed by atoms with Crippen molar-refractivity contribution in [3.63, 3.8) is 0 Å². The number of hydrogen-bond acceptors (Lipinski definition) is 6. The first kappa shape index (κ1) is 14.4. The van der Waals surface area contributed by atoms with E-state index in [0.717, 1.165) is 0 Å². The van der Waals surface area contributed by atoms with Gasteiger partial charge in [-0.05, 0) is 13.0 Å². The van der Waals surface area contributed by atoms with Crippen LogP contribution in [0.1, 0.15) is 12.7 Å². The van der Waals surface area contributed by atoms with Crippen molar-refractivity contribution in [2.45, 2.75) is 18.2 Å². The maximum absolute atomic E-state index is 12.1. The largest absolute Gasteiger partial charge is 0.370 e. The van der Waals surface area contributed by atoms with Gasteiger partial charge in [0.25, 0.3) is 0 Å². The second kappa shape index (κ2) is 6.44. The van der Waals surface area contributed by atoms with Crippen LogP contribution < -0.4 is 10.0 Å². The zero-order valence-corrected chi connectivity index (χ0v) is 11.8. The third-order valence-electron chi connectivity index (χ3n) is 2.52. The Hall–Kier alpha value is -2.00. The van der Waals surface area contributed by atoms with Crippen LogP contribution in [0, 0.1) is 0 Å². The summed E-state index contributed by atoms with van der Waals surface area (Å²) >= 11 is 0. The van der Waals surface area contributed by atoms with E-state index in [1.807, 2.05) is 6.92 Å². The third kappa shape index (κ3) is 3.75. The number of nitrogens with one attached hydrogen (secondary N) is 3. The van der Waals surface area contributed by atoms with E-state index in [9.17, 15) is 8.42 Å². The van der Waals surface area contributed by atoms with Crippen molar-refractivity contribution in [2.24, 2.45) is 0 Å².